The number of rotatable bonds is 5. The smallest absolute Gasteiger partial charge is 0.270 e. The molecule has 0 aliphatic rings. The third kappa shape index (κ3) is 5.95. The molecule has 0 aliphatic heterocycles. The highest BCUT2D eigenvalue weighted by atomic mass is 127. The molecule has 26 heavy (non-hydrogen) atoms. The minimum Gasteiger partial charge on any atom is -0.494 e. The average Bonchev–Trinajstić information content (AvgIpc) is 2.65. The Morgan fingerprint density at radius 3 is 2.38 bits per heavy atom. The van der Waals surface area contributed by atoms with E-state index >= 15 is 0 Å². The molecule has 2 rings (SSSR count). The number of hydrazine groups is 1. The lowest BCUT2D eigenvalue weighted by Crippen LogP contribution is -2.48. The van der Waals surface area contributed by atoms with Crippen LogP contribution in [0, 0.1) is 3.57 Å². The Labute approximate surface area is 170 Å². The van der Waals surface area contributed by atoms with Gasteiger partial charge in [-0.25, -0.2) is 0 Å². The number of hydrogen-bond acceptors (Lipinski definition) is 4. The quantitative estimate of drug-likeness (QED) is 0.346. The summed E-state index contributed by atoms with van der Waals surface area (Å²) in [5, 5.41) is 2.50. The number of thiocarbonyl (C=S) groups is 1. The summed E-state index contributed by atoms with van der Waals surface area (Å²) in [6, 6.07) is 13.9. The van der Waals surface area contributed by atoms with Crippen LogP contribution in [0.2, 0.25) is 0 Å². The molecule has 0 bridgehead atoms. The van der Waals surface area contributed by atoms with Crippen molar-refractivity contribution in [3.63, 3.8) is 0 Å². The molecule has 0 fully saturated rings. The van der Waals surface area contributed by atoms with Crippen LogP contribution in [0.15, 0.2) is 48.5 Å². The van der Waals surface area contributed by atoms with Gasteiger partial charge in [-0.15, -0.1) is 0 Å². The van der Waals surface area contributed by atoms with Crippen molar-refractivity contribution in [2.75, 3.05) is 6.61 Å². The highest BCUT2D eigenvalue weighted by molar-refractivity contribution is 14.1. The molecule has 0 aliphatic carbocycles. The summed E-state index contributed by atoms with van der Waals surface area (Å²) in [5.41, 5.74) is 5.92. The molecule has 0 atom stereocenters. The molecular weight excluding hydrogens is 465 g/mol. The van der Waals surface area contributed by atoms with Gasteiger partial charge in [0.15, 0.2) is 5.11 Å². The highest BCUT2D eigenvalue weighted by Crippen LogP contribution is 2.12. The second-order valence-electron chi connectivity index (χ2n) is 5.22. The second kappa shape index (κ2) is 10.1. The van der Waals surface area contributed by atoms with Gasteiger partial charge in [0.25, 0.3) is 11.8 Å². The van der Waals surface area contributed by atoms with Crippen LogP contribution in [-0.4, -0.2) is 23.5 Å². The van der Waals surface area contributed by atoms with E-state index in [1.807, 2.05) is 19.1 Å². The standard InChI is InChI=1S/C18H18IN3O3S/c1-2-11-25-13-9-7-12(8-10-13)16(23)20-18(26)22-21-17(24)14-5-3-4-6-15(14)19/h3-10H,2,11H2,1H3,(H,21,24)(H2,20,22,23,26). The van der Waals surface area contributed by atoms with E-state index in [2.05, 4.69) is 38.8 Å². The fourth-order valence-corrected chi connectivity index (χ4v) is 2.73. The van der Waals surface area contributed by atoms with Crippen LogP contribution < -0.4 is 20.9 Å². The Morgan fingerprint density at radius 1 is 1.04 bits per heavy atom. The molecule has 2 aromatic rings. The zero-order valence-corrected chi connectivity index (χ0v) is 17.0. The normalized spacial score (nSPS) is 9.92. The van der Waals surface area contributed by atoms with E-state index in [1.165, 1.54) is 0 Å². The summed E-state index contributed by atoms with van der Waals surface area (Å²) in [6.45, 7) is 2.65. The molecule has 0 unspecified atom stereocenters. The van der Waals surface area contributed by atoms with E-state index in [9.17, 15) is 9.59 Å². The molecule has 8 heteroatoms. The lowest BCUT2D eigenvalue weighted by molar-refractivity contribution is 0.0934. The Balaban J connectivity index is 1.84. The molecule has 0 radical (unpaired) electrons. The first-order valence-electron chi connectivity index (χ1n) is 7.90. The maximum atomic E-state index is 12.2. The van der Waals surface area contributed by atoms with Crippen molar-refractivity contribution in [2.24, 2.45) is 0 Å². The lowest BCUT2D eigenvalue weighted by Gasteiger charge is -2.12. The molecule has 0 aromatic heterocycles. The minimum atomic E-state index is -0.381. The third-order valence-electron chi connectivity index (χ3n) is 3.22. The van der Waals surface area contributed by atoms with Gasteiger partial charge in [-0.1, -0.05) is 19.1 Å². The molecule has 0 saturated carbocycles. The van der Waals surface area contributed by atoms with Gasteiger partial charge in [0.05, 0.1) is 12.2 Å². The van der Waals surface area contributed by atoms with Crippen LogP contribution in [-0.2, 0) is 0 Å². The number of carbonyl (C=O) groups is 2. The molecule has 0 spiro atoms. The maximum Gasteiger partial charge on any atom is 0.270 e. The number of ether oxygens (including phenoxy) is 1. The van der Waals surface area contributed by atoms with E-state index in [1.54, 1.807) is 36.4 Å². The second-order valence-corrected chi connectivity index (χ2v) is 6.79. The molecule has 2 aromatic carbocycles. The number of benzene rings is 2. The number of nitrogens with one attached hydrogen (secondary N) is 3. The number of hydrogen-bond donors (Lipinski definition) is 3. The van der Waals surface area contributed by atoms with Gasteiger partial charge in [0, 0.05) is 9.13 Å². The predicted octanol–water partition coefficient (Wildman–Crippen LogP) is 3.03. The summed E-state index contributed by atoms with van der Waals surface area (Å²) < 4.78 is 6.28. The van der Waals surface area contributed by atoms with Gasteiger partial charge in [-0.3, -0.25) is 25.8 Å². The first-order chi connectivity index (χ1) is 12.5. The van der Waals surface area contributed by atoms with Gasteiger partial charge in [-0.05, 0) is 77.6 Å². The third-order valence-corrected chi connectivity index (χ3v) is 4.37. The van der Waals surface area contributed by atoms with Crippen molar-refractivity contribution < 1.29 is 14.3 Å². The predicted molar refractivity (Wildman–Crippen MR) is 112 cm³/mol. The van der Waals surface area contributed by atoms with Gasteiger partial charge in [-0.2, -0.15) is 0 Å². The van der Waals surface area contributed by atoms with E-state index < -0.39 is 0 Å². The van der Waals surface area contributed by atoms with Gasteiger partial charge >= 0.3 is 0 Å². The molecule has 0 heterocycles. The molecule has 3 N–H and O–H groups in total. The van der Waals surface area contributed by atoms with Gasteiger partial charge < -0.3 is 4.74 Å². The monoisotopic (exact) mass is 483 g/mol. The zero-order chi connectivity index (χ0) is 18.9. The fourth-order valence-electron chi connectivity index (χ4n) is 1.96. The highest BCUT2D eigenvalue weighted by Gasteiger charge is 2.11. The largest absolute Gasteiger partial charge is 0.494 e. The summed E-state index contributed by atoms with van der Waals surface area (Å²) in [6.07, 6.45) is 0.913. The minimum absolute atomic E-state index is 0.000554. The Kier molecular flexibility index (Phi) is 7.79. The number of amides is 2. The molecule has 0 saturated heterocycles. The van der Waals surface area contributed by atoms with E-state index in [0.717, 1.165) is 9.99 Å². The fraction of sp³-hybridized carbons (Fsp3) is 0.167. The van der Waals surface area contributed by atoms with E-state index in [4.69, 9.17) is 17.0 Å². The Bertz CT molecular complexity index is 797. The van der Waals surface area contributed by atoms with Crippen molar-refractivity contribution in [1.29, 1.82) is 0 Å². The summed E-state index contributed by atoms with van der Waals surface area (Å²) in [7, 11) is 0. The van der Waals surface area contributed by atoms with Crippen molar-refractivity contribution in [2.45, 2.75) is 13.3 Å². The summed E-state index contributed by atoms with van der Waals surface area (Å²) in [4.78, 5) is 24.2. The van der Waals surface area contributed by atoms with Crippen LogP contribution in [0.1, 0.15) is 34.1 Å². The molecule has 2 amide bonds. The van der Waals surface area contributed by atoms with Crippen LogP contribution >= 0.6 is 34.8 Å². The first kappa shape index (κ1) is 20.1. The Morgan fingerprint density at radius 2 is 1.73 bits per heavy atom. The molecule has 6 nitrogen and oxygen atoms in total. The maximum absolute atomic E-state index is 12.2. The topological polar surface area (TPSA) is 79.5 Å². The lowest BCUT2D eigenvalue weighted by atomic mass is 10.2. The van der Waals surface area contributed by atoms with Crippen LogP contribution in [0.25, 0.3) is 0 Å². The van der Waals surface area contributed by atoms with Crippen molar-refractivity contribution in [3.05, 3.63) is 63.2 Å². The SMILES string of the molecule is CCCOc1ccc(C(=O)NC(=S)NNC(=O)c2ccccc2I)cc1. The van der Waals surface area contributed by atoms with Crippen molar-refractivity contribution in [1.82, 2.24) is 16.2 Å². The first-order valence-corrected chi connectivity index (χ1v) is 9.39. The Hall–Kier alpha value is -2.20. The van der Waals surface area contributed by atoms with Gasteiger partial charge in [0.2, 0.25) is 0 Å². The van der Waals surface area contributed by atoms with Crippen LogP contribution in [0.3, 0.4) is 0 Å². The summed E-state index contributed by atoms with van der Waals surface area (Å²) >= 11 is 7.10. The van der Waals surface area contributed by atoms with Crippen molar-refractivity contribution >= 4 is 51.7 Å². The molecular formula is C18H18IN3O3S. The summed E-state index contributed by atoms with van der Waals surface area (Å²) in [5.74, 6) is -0.0223. The van der Waals surface area contributed by atoms with Gasteiger partial charge in [0.1, 0.15) is 5.75 Å². The zero-order valence-electron chi connectivity index (χ0n) is 14.0. The van der Waals surface area contributed by atoms with Crippen LogP contribution in [0.5, 0.6) is 5.75 Å². The molecule has 136 valence electrons. The van der Waals surface area contributed by atoms with Crippen LogP contribution in [0.4, 0.5) is 0 Å². The number of halogens is 1. The van der Waals surface area contributed by atoms with E-state index in [0.29, 0.717) is 23.5 Å². The van der Waals surface area contributed by atoms with Crippen molar-refractivity contribution in [3.8, 4) is 5.75 Å². The van der Waals surface area contributed by atoms with E-state index in [-0.39, 0.29) is 16.9 Å². The number of carbonyl (C=O) groups excluding carboxylic acids is 2. The average molecular weight is 483 g/mol.